The third kappa shape index (κ3) is 7.32. The molecule has 3 heterocycles. The van der Waals surface area contributed by atoms with E-state index >= 15 is 0 Å². The fraction of sp³-hybridized carbons (Fsp3) is 0.571. The number of ether oxygens (including phenoxy) is 2. The Hall–Kier alpha value is -3.39. The van der Waals surface area contributed by atoms with E-state index < -0.39 is 37.1 Å². The lowest BCUT2D eigenvalue weighted by Gasteiger charge is -2.34. The zero-order chi connectivity index (χ0) is 30.8. The summed E-state index contributed by atoms with van der Waals surface area (Å²) in [6.07, 6.45) is 2.52. The van der Waals surface area contributed by atoms with Crippen molar-refractivity contribution in [2.75, 3.05) is 26.1 Å². The molecule has 0 radical (unpaired) electrons. The summed E-state index contributed by atoms with van der Waals surface area (Å²) >= 11 is 0. The number of amides is 2. The third-order valence-electron chi connectivity index (χ3n) is 7.73. The number of hydrogen-bond donors (Lipinski definition) is 1. The van der Waals surface area contributed by atoms with Crippen LogP contribution in [0.3, 0.4) is 0 Å². The lowest BCUT2D eigenvalue weighted by atomic mass is 9.83. The third-order valence-corrected chi connectivity index (χ3v) is 9.44. The molecule has 42 heavy (non-hydrogen) atoms. The highest BCUT2D eigenvalue weighted by atomic mass is 28.3. The second-order valence-corrected chi connectivity index (χ2v) is 17.7. The van der Waals surface area contributed by atoms with Crippen molar-refractivity contribution < 1.29 is 27.4 Å². The molecular formula is C28H39F3N6O4Si. The Kier molecular flexibility index (Phi) is 9.35. The van der Waals surface area contributed by atoms with Crippen LogP contribution in [-0.4, -0.2) is 64.9 Å². The molecule has 0 bridgehead atoms. The quantitative estimate of drug-likeness (QED) is 0.248. The van der Waals surface area contributed by atoms with E-state index in [1.165, 1.54) is 11.9 Å². The number of halogens is 3. The fourth-order valence-corrected chi connectivity index (χ4v) is 5.86. The molecule has 0 saturated heterocycles. The molecule has 3 aromatic rings. The molecule has 1 aliphatic carbocycles. The zero-order valence-corrected chi connectivity index (χ0v) is 25.9. The van der Waals surface area contributed by atoms with Crippen LogP contribution in [0.25, 0.3) is 11.2 Å². The number of nitrogens with one attached hydrogen (secondary N) is 1. The van der Waals surface area contributed by atoms with Gasteiger partial charge in [0, 0.05) is 46.9 Å². The Labute approximate surface area is 243 Å². The van der Waals surface area contributed by atoms with E-state index in [0.717, 1.165) is 29.1 Å². The van der Waals surface area contributed by atoms with Crippen molar-refractivity contribution in [3.63, 3.8) is 0 Å². The van der Waals surface area contributed by atoms with Crippen LogP contribution < -0.4 is 15.6 Å². The van der Waals surface area contributed by atoms with Crippen LogP contribution >= 0.6 is 0 Å². The topological polar surface area (TPSA) is 104 Å². The van der Waals surface area contributed by atoms with Crippen LogP contribution in [0.5, 0.6) is 5.75 Å². The normalized spacial score (nSPS) is 17.8. The smallest absolute Gasteiger partial charge is 0.417 e. The largest absolute Gasteiger partial charge is 0.493 e. The average Bonchev–Trinajstić information content (AvgIpc) is 3.29. The highest BCUT2D eigenvalue weighted by Crippen LogP contribution is 2.36. The molecule has 1 N–H and O–H groups in total. The van der Waals surface area contributed by atoms with Crippen molar-refractivity contribution in [3.8, 4) is 5.75 Å². The Bertz CT molecular complexity index is 1480. The van der Waals surface area contributed by atoms with E-state index in [0.29, 0.717) is 55.4 Å². The van der Waals surface area contributed by atoms with Crippen molar-refractivity contribution in [1.82, 2.24) is 24.0 Å². The maximum Gasteiger partial charge on any atom is 0.417 e. The second kappa shape index (κ2) is 12.5. The molecule has 1 fully saturated rings. The number of alkyl halides is 3. The second-order valence-electron chi connectivity index (χ2n) is 12.1. The molecule has 3 aromatic heterocycles. The predicted molar refractivity (Wildman–Crippen MR) is 157 cm³/mol. The van der Waals surface area contributed by atoms with E-state index in [1.807, 2.05) is 10.8 Å². The molecule has 0 aromatic carbocycles. The summed E-state index contributed by atoms with van der Waals surface area (Å²) in [6, 6.07) is 0.967. The van der Waals surface area contributed by atoms with Gasteiger partial charge in [-0.1, -0.05) is 19.6 Å². The average molecular weight is 609 g/mol. The van der Waals surface area contributed by atoms with Gasteiger partial charge in [0.15, 0.2) is 11.4 Å². The van der Waals surface area contributed by atoms with Crippen LogP contribution in [0.15, 0.2) is 29.5 Å². The van der Waals surface area contributed by atoms with Crippen molar-refractivity contribution >= 4 is 31.0 Å². The van der Waals surface area contributed by atoms with Gasteiger partial charge < -0.3 is 28.8 Å². The van der Waals surface area contributed by atoms with Crippen LogP contribution in [0.1, 0.15) is 42.9 Å². The van der Waals surface area contributed by atoms with E-state index in [4.69, 9.17) is 14.5 Å². The molecule has 0 atom stereocenters. The van der Waals surface area contributed by atoms with Crippen molar-refractivity contribution in [3.05, 3.63) is 46.3 Å². The Morgan fingerprint density at radius 2 is 1.88 bits per heavy atom. The monoisotopic (exact) mass is 608 g/mol. The van der Waals surface area contributed by atoms with Gasteiger partial charge in [0.05, 0.1) is 30.8 Å². The Balaban J connectivity index is 1.39. The van der Waals surface area contributed by atoms with Gasteiger partial charge in [-0.05, 0) is 37.8 Å². The minimum Gasteiger partial charge on any atom is -0.493 e. The van der Waals surface area contributed by atoms with Gasteiger partial charge in [0.2, 0.25) is 0 Å². The Morgan fingerprint density at radius 3 is 2.50 bits per heavy atom. The molecule has 0 spiro atoms. The first-order chi connectivity index (χ1) is 19.7. The number of pyridine rings is 1. The highest BCUT2D eigenvalue weighted by Gasteiger charge is 2.33. The maximum atomic E-state index is 13.2. The summed E-state index contributed by atoms with van der Waals surface area (Å²) in [4.78, 5) is 36.3. The van der Waals surface area contributed by atoms with Gasteiger partial charge in [0.25, 0.3) is 5.56 Å². The predicted octanol–water partition coefficient (Wildman–Crippen LogP) is 5.66. The molecule has 230 valence electrons. The number of aryl methyl sites for hydroxylation is 1. The molecule has 0 unspecified atom stereocenters. The minimum atomic E-state index is -4.64. The van der Waals surface area contributed by atoms with E-state index in [2.05, 4.69) is 29.9 Å². The maximum absolute atomic E-state index is 13.2. The summed E-state index contributed by atoms with van der Waals surface area (Å²) < 4.78 is 53.8. The van der Waals surface area contributed by atoms with E-state index in [1.54, 1.807) is 20.4 Å². The summed E-state index contributed by atoms with van der Waals surface area (Å²) in [5, 5.41) is 2.37. The Morgan fingerprint density at radius 1 is 1.19 bits per heavy atom. The summed E-state index contributed by atoms with van der Waals surface area (Å²) in [7, 11) is 3.21. The van der Waals surface area contributed by atoms with Crippen molar-refractivity contribution in [1.29, 1.82) is 0 Å². The summed E-state index contributed by atoms with van der Waals surface area (Å²) in [5.74, 6) is 0.755. The number of aromatic nitrogens is 4. The van der Waals surface area contributed by atoms with Gasteiger partial charge in [-0.15, -0.1) is 0 Å². The molecular weight excluding hydrogens is 569 g/mol. The molecule has 14 heteroatoms. The first kappa shape index (κ1) is 31.5. The number of rotatable bonds is 9. The minimum absolute atomic E-state index is 0.131. The number of anilines is 1. The molecule has 1 aliphatic rings. The van der Waals surface area contributed by atoms with E-state index in [-0.39, 0.29) is 12.0 Å². The van der Waals surface area contributed by atoms with Crippen LogP contribution in [0.4, 0.5) is 23.7 Å². The lowest BCUT2D eigenvalue weighted by Crippen LogP contribution is -2.42. The van der Waals surface area contributed by atoms with Crippen LogP contribution in [-0.2, 0) is 24.7 Å². The van der Waals surface area contributed by atoms with Gasteiger partial charge in [-0.3, -0.25) is 4.79 Å². The standard InChI is InChI=1S/C28H39F3N6O4Si/c1-35-15-19(28(29,30)31)13-21(26(35)38)34-27(39)36(2)20-9-7-18(8-10-20)22-14-32-25-24(33-22)23(40-3)16-37(25)17-41-11-12-42(4,5)6/h13-16,18,20H,7-12,17H2,1-6H3,(H,34,39). The fourth-order valence-electron chi connectivity index (χ4n) is 5.11. The molecule has 1 saturated carbocycles. The number of urea groups is 1. The van der Waals surface area contributed by atoms with Gasteiger partial charge >= 0.3 is 12.2 Å². The number of carbonyl (C=O) groups excluding carboxylic acids is 1. The first-order valence-corrected chi connectivity index (χ1v) is 17.7. The van der Waals surface area contributed by atoms with Gasteiger partial charge in [-0.2, -0.15) is 13.2 Å². The number of nitrogens with zero attached hydrogens (tertiary/aromatic N) is 5. The number of fused-ring (bicyclic) bond motifs is 1. The number of hydrogen-bond acceptors (Lipinski definition) is 6. The number of methoxy groups -OCH3 is 1. The lowest BCUT2D eigenvalue weighted by molar-refractivity contribution is -0.138. The van der Waals surface area contributed by atoms with Gasteiger partial charge in [0.1, 0.15) is 17.9 Å². The van der Waals surface area contributed by atoms with Crippen LogP contribution in [0.2, 0.25) is 25.7 Å². The first-order valence-electron chi connectivity index (χ1n) is 14.0. The molecule has 4 rings (SSSR count). The zero-order valence-electron chi connectivity index (χ0n) is 24.9. The van der Waals surface area contributed by atoms with Crippen molar-refractivity contribution in [2.45, 2.75) is 76.2 Å². The van der Waals surface area contributed by atoms with Gasteiger partial charge in [-0.25, -0.2) is 14.8 Å². The van der Waals surface area contributed by atoms with E-state index in [9.17, 15) is 22.8 Å². The highest BCUT2D eigenvalue weighted by molar-refractivity contribution is 6.76. The number of carbonyl (C=O) groups is 1. The van der Waals surface area contributed by atoms with Crippen molar-refractivity contribution in [2.24, 2.45) is 7.05 Å². The molecule has 0 aliphatic heterocycles. The molecule has 2 amide bonds. The van der Waals surface area contributed by atoms with Crippen LogP contribution in [0, 0.1) is 0 Å². The summed E-state index contributed by atoms with van der Waals surface area (Å²) in [5.41, 5.74) is 0.0620. The SMILES string of the molecule is COc1cn(COCC[Si](C)(C)C)c2ncc(C3CCC(N(C)C(=O)Nc4cc(C(F)(F)F)cn(C)c4=O)CC3)nc12. The molecule has 10 nitrogen and oxygen atoms in total. The summed E-state index contributed by atoms with van der Waals surface area (Å²) in [6.45, 7) is 7.98.